The molecule has 0 aliphatic heterocycles. The van der Waals surface area contributed by atoms with Gasteiger partial charge in [-0.2, -0.15) is 4.98 Å². The zero-order chi connectivity index (χ0) is 8.97. The second kappa shape index (κ2) is 3.72. The lowest BCUT2D eigenvalue weighted by Crippen LogP contribution is -2.22. The molecule has 62 valence electrons. The standard InChI is InChI=1S/C9H10N2O/c1-3-4-6-11-7-5-8(2)10-9(11)12/h1,5,7H,4,6H2,2H3. The molecule has 0 spiro atoms. The number of aryl methyl sites for hydroxylation is 2. The fourth-order valence-corrected chi connectivity index (χ4v) is 0.869. The van der Waals surface area contributed by atoms with Crippen LogP contribution in [0.15, 0.2) is 17.1 Å². The summed E-state index contributed by atoms with van der Waals surface area (Å²) in [5.74, 6) is 2.47. The van der Waals surface area contributed by atoms with Gasteiger partial charge in [-0.05, 0) is 13.0 Å². The zero-order valence-electron chi connectivity index (χ0n) is 6.95. The molecule has 0 radical (unpaired) electrons. The summed E-state index contributed by atoms with van der Waals surface area (Å²) in [6, 6.07) is 1.79. The molecule has 0 amide bonds. The van der Waals surface area contributed by atoms with Crippen molar-refractivity contribution < 1.29 is 0 Å². The number of aromatic nitrogens is 2. The predicted molar refractivity (Wildman–Crippen MR) is 46.7 cm³/mol. The maximum Gasteiger partial charge on any atom is 0.347 e. The second-order valence-electron chi connectivity index (χ2n) is 2.50. The van der Waals surface area contributed by atoms with E-state index in [9.17, 15) is 4.79 Å². The molecule has 1 rings (SSSR count). The Labute approximate surface area is 71.1 Å². The Morgan fingerprint density at radius 1 is 1.75 bits per heavy atom. The lowest BCUT2D eigenvalue weighted by atomic mass is 10.4. The molecular formula is C9H10N2O. The van der Waals surface area contributed by atoms with E-state index >= 15 is 0 Å². The quantitative estimate of drug-likeness (QED) is 0.596. The van der Waals surface area contributed by atoms with Crippen molar-refractivity contribution in [2.24, 2.45) is 0 Å². The molecule has 0 saturated heterocycles. The molecule has 1 aromatic heterocycles. The highest BCUT2D eigenvalue weighted by atomic mass is 16.1. The fraction of sp³-hybridized carbons (Fsp3) is 0.333. The molecule has 0 aliphatic carbocycles. The van der Waals surface area contributed by atoms with Crippen LogP contribution in [0.1, 0.15) is 12.1 Å². The van der Waals surface area contributed by atoms with Gasteiger partial charge in [-0.1, -0.05) is 0 Å². The minimum atomic E-state index is -0.231. The van der Waals surface area contributed by atoms with Crippen molar-refractivity contribution >= 4 is 0 Å². The van der Waals surface area contributed by atoms with Gasteiger partial charge in [0.25, 0.3) is 0 Å². The summed E-state index contributed by atoms with van der Waals surface area (Å²) in [6.45, 7) is 2.33. The Morgan fingerprint density at radius 2 is 2.50 bits per heavy atom. The molecule has 0 saturated carbocycles. The van der Waals surface area contributed by atoms with Crippen molar-refractivity contribution in [2.45, 2.75) is 19.9 Å². The maximum absolute atomic E-state index is 11.1. The van der Waals surface area contributed by atoms with Crippen LogP contribution in [0.4, 0.5) is 0 Å². The predicted octanol–water partition coefficient (Wildman–Crippen LogP) is 0.575. The molecule has 12 heavy (non-hydrogen) atoms. The van der Waals surface area contributed by atoms with Gasteiger partial charge in [0, 0.05) is 24.9 Å². The average molecular weight is 162 g/mol. The number of terminal acetylenes is 1. The molecule has 0 aliphatic rings. The Morgan fingerprint density at radius 3 is 3.08 bits per heavy atom. The van der Waals surface area contributed by atoms with E-state index in [0.29, 0.717) is 13.0 Å². The zero-order valence-corrected chi connectivity index (χ0v) is 6.95. The first-order chi connectivity index (χ1) is 5.74. The molecule has 0 fully saturated rings. The van der Waals surface area contributed by atoms with Gasteiger partial charge in [-0.15, -0.1) is 12.3 Å². The van der Waals surface area contributed by atoms with Gasteiger partial charge in [-0.3, -0.25) is 4.57 Å². The minimum Gasteiger partial charge on any atom is -0.298 e. The highest BCUT2D eigenvalue weighted by Gasteiger charge is 1.94. The highest BCUT2D eigenvalue weighted by Crippen LogP contribution is 1.88. The Bertz CT molecular complexity index is 360. The molecule has 1 aromatic rings. The first-order valence-corrected chi connectivity index (χ1v) is 3.71. The van der Waals surface area contributed by atoms with Crippen LogP contribution in [0.2, 0.25) is 0 Å². The Balaban J connectivity index is 2.89. The SMILES string of the molecule is C#CCCn1ccc(C)nc1=O. The first kappa shape index (κ1) is 8.54. The van der Waals surface area contributed by atoms with Crippen molar-refractivity contribution in [3.63, 3.8) is 0 Å². The van der Waals surface area contributed by atoms with Gasteiger partial charge in [-0.25, -0.2) is 4.79 Å². The molecular weight excluding hydrogens is 152 g/mol. The first-order valence-electron chi connectivity index (χ1n) is 3.71. The Kier molecular flexibility index (Phi) is 2.65. The second-order valence-corrected chi connectivity index (χ2v) is 2.50. The van der Waals surface area contributed by atoms with Crippen LogP contribution >= 0.6 is 0 Å². The van der Waals surface area contributed by atoms with Crippen molar-refractivity contribution in [1.82, 2.24) is 9.55 Å². The van der Waals surface area contributed by atoms with Gasteiger partial charge in [0.15, 0.2) is 0 Å². The van der Waals surface area contributed by atoms with Gasteiger partial charge in [0.05, 0.1) is 0 Å². The smallest absolute Gasteiger partial charge is 0.298 e. The monoisotopic (exact) mass is 162 g/mol. The van der Waals surface area contributed by atoms with E-state index in [1.165, 1.54) is 4.57 Å². The highest BCUT2D eigenvalue weighted by molar-refractivity contribution is 4.96. The number of hydrogen-bond donors (Lipinski definition) is 0. The topological polar surface area (TPSA) is 34.9 Å². The molecule has 0 atom stereocenters. The van der Waals surface area contributed by atoms with E-state index in [2.05, 4.69) is 10.9 Å². The van der Waals surface area contributed by atoms with Crippen LogP contribution < -0.4 is 5.69 Å². The number of nitrogens with zero attached hydrogens (tertiary/aromatic N) is 2. The summed E-state index contributed by atoms with van der Waals surface area (Å²) >= 11 is 0. The largest absolute Gasteiger partial charge is 0.347 e. The molecule has 0 bridgehead atoms. The van der Waals surface area contributed by atoms with Crippen molar-refractivity contribution in [2.75, 3.05) is 0 Å². The summed E-state index contributed by atoms with van der Waals surface area (Å²) in [5, 5.41) is 0. The van der Waals surface area contributed by atoms with Gasteiger partial charge in [0.2, 0.25) is 0 Å². The average Bonchev–Trinajstić information content (AvgIpc) is 2.03. The van der Waals surface area contributed by atoms with Crippen LogP contribution in [-0.2, 0) is 6.54 Å². The van der Waals surface area contributed by atoms with Crippen LogP contribution in [0.5, 0.6) is 0 Å². The fourth-order valence-electron chi connectivity index (χ4n) is 0.869. The molecule has 3 nitrogen and oxygen atoms in total. The van der Waals surface area contributed by atoms with E-state index in [1.807, 2.05) is 0 Å². The van der Waals surface area contributed by atoms with Gasteiger partial charge < -0.3 is 0 Å². The van der Waals surface area contributed by atoms with Crippen LogP contribution in [0.25, 0.3) is 0 Å². The normalized spacial score (nSPS) is 9.33. The minimum absolute atomic E-state index is 0.231. The third-order valence-corrected chi connectivity index (χ3v) is 1.51. The Hall–Kier alpha value is -1.56. The third kappa shape index (κ3) is 1.96. The van der Waals surface area contributed by atoms with Crippen LogP contribution in [0, 0.1) is 19.3 Å². The molecule has 0 aromatic carbocycles. The summed E-state index contributed by atoms with van der Waals surface area (Å²) in [6.07, 6.45) is 7.34. The van der Waals surface area contributed by atoms with E-state index in [4.69, 9.17) is 6.42 Å². The number of rotatable bonds is 2. The van der Waals surface area contributed by atoms with Crippen molar-refractivity contribution in [1.29, 1.82) is 0 Å². The molecule has 1 heterocycles. The van der Waals surface area contributed by atoms with Gasteiger partial charge >= 0.3 is 5.69 Å². The van der Waals surface area contributed by atoms with Crippen molar-refractivity contribution in [3.8, 4) is 12.3 Å². The van der Waals surface area contributed by atoms with E-state index < -0.39 is 0 Å². The van der Waals surface area contributed by atoms with E-state index in [-0.39, 0.29) is 5.69 Å². The van der Waals surface area contributed by atoms with Gasteiger partial charge in [0.1, 0.15) is 0 Å². The lowest BCUT2D eigenvalue weighted by molar-refractivity contribution is 0.662. The van der Waals surface area contributed by atoms with E-state index in [0.717, 1.165) is 5.69 Å². The molecule has 0 N–H and O–H groups in total. The maximum atomic E-state index is 11.1. The summed E-state index contributed by atoms with van der Waals surface area (Å²) in [5.41, 5.74) is 0.502. The molecule has 0 unspecified atom stereocenters. The molecule has 3 heteroatoms. The third-order valence-electron chi connectivity index (χ3n) is 1.51. The van der Waals surface area contributed by atoms with Crippen LogP contribution in [0.3, 0.4) is 0 Å². The number of hydrogen-bond acceptors (Lipinski definition) is 2. The van der Waals surface area contributed by atoms with E-state index in [1.54, 1.807) is 19.2 Å². The lowest BCUT2D eigenvalue weighted by Gasteiger charge is -2.00. The van der Waals surface area contributed by atoms with Crippen molar-refractivity contribution in [3.05, 3.63) is 28.4 Å². The summed E-state index contributed by atoms with van der Waals surface area (Å²) in [7, 11) is 0. The summed E-state index contributed by atoms with van der Waals surface area (Å²) < 4.78 is 1.51. The van der Waals surface area contributed by atoms with Crippen LogP contribution in [-0.4, -0.2) is 9.55 Å². The summed E-state index contributed by atoms with van der Waals surface area (Å²) in [4.78, 5) is 14.9.